The molecule has 0 aliphatic heterocycles. The second kappa shape index (κ2) is 10.4. The number of quaternary nitrogens is 2. The monoisotopic (exact) mass is 293 g/mol. The predicted octanol–water partition coefficient (Wildman–Crippen LogP) is -0.778. The third-order valence-corrected chi connectivity index (χ3v) is 3.53. The third kappa shape index (κ3) is 9.21. The van der Waals surface area contributed by atoms with Crippen LogP contribution in [0.4, 0.5) is 0 Å². The van der Waals surface area contributed by atoms with Gasteiger partial charge in [-0.25, -0.2) is 0 Å². The first-order valence-corrected chi connectivity index (χ1v) is 8.02. The molecule has 4 nitrogen and oxygen atoms in total. The molecule has 1 amide bonds. The summed E-state index contributed by atoms with van der Waals surface area (Å²) in [6, 6.07) is 10.6. The van der Waals surface area contributed by atoms with Crippen LogP contribution in [0.25, 0.3) is 0 Å². The summed E-state index contributed by atoms with van der Waals surface area (Å²) >= 11 is 0. The van der Waals surface area contributed by atoms with Crippen LogP contribution in [0.1, 0.15) is 25.3 Å². The number of carbonyl (C=O) groups is 1. The van der Waals surface area contributed by atoms with Crippen LogP contribution in [0.15, 0.2) is 30.3 Å². The first-order chi connectivity index (χ1) is 10.1. The summed E-state index contributed by atoms with van der Waals surface area (Å²) in [7, 11) is 4.31. The molecule has 0 unspecified atom stereocenters. The zero-order valence-electron chi connectivity index (χ0n) is 13.7. The minimum absolute atomic E-state index is 0.146. The third-order valence-electron chi connectivity index (χ3n) is 3.53. The minimum Gasteiger partial charge on any atom is -0.349 e. The number of carbonyl (C=O) groups excluding carboxylic acids is 1. The van der Waals surface area contributed by atoms with E-state index in [0.717, 1.165) is 32.4 Å². The summed E-state index contributed by atoms with van der Waals surface area (Å²) in [5, 5.41) is 5.17. The molecule has 0 saturated carbocycles. The van der Waals surface area contributed by atoms with E-state index in [0.29, 0.717) is 6.54 Å². The Bertz CT molecular complexity index is 392. The number of hydrogen-bond donors (Lipinski definition) is 3. The van der Waals surface area contributed by atoms with Gasteiger partial charge in [0.2, 0.25) is 0 Å². The largest absolute Gasteiger partial charge is 0.349 e. The molecule has 0 spiro atoms. The van der Waals surface area contributed by atoms with Crippen molar-refractivity contribution in [2.24, 2.45) is 0 Å². The van der Waals surface area contributed by atoms with Crippen LogP contribution in [0.3, 0.4) is 0 Å². The first kappa shape index (κ1) is 17.7. The zero-order valence-corrected chi connectivity index (χ0v) is 13.7. The van der Waals surface area contributed by atoms with Crippen molar-refractivity contribution in [1.82, 2.24) is 5.32 Å². The molecule has 0 fully saturated rings. The fraction of sp³-hybridized carbons (Fsp3) is 0.588. The van der Waals surface area contributed by atoms with Crippen LogP contribution < -0.4 is 15.5 Å². The quantitative estimate of drug-likeness (QED) is 0.487. The molecule has 21 heavy (non-hydrogen) atoms. The van der Waals surface area contributed by atoms with Gasteiger partial charge in [0.25, 0.3) is 5.91 Å². The van der Waals surface area contributed by atoms with Gasteiger partial charge in [0.05, 0.1) is 27.2 Å². The number of nitrogens with two attached hydrogens (primary N) is 1. The molecule has 1 atom stereocenters. The average molecular weight is 293 g/mol. The highest BCUT2D eigenvalue weighted by Gasteiger charge is 2.09. The van der Waals surface area contributed by atoms with E-state index in [4.69, 9.17) is 0 Å². The second-order valence-corrected chi connectivity index (χ2v) is 6.08. The Morgan fingerprint density at radius 1 is 1.29 bits per heavy atom. The van der Waals surface area contributed by atoms with Gasteiger partial charge in [-0.3, -0.25) is 4.79 Å². The summed E-state index contributed by atoms with van der Waals surface area (Å²) in [5.41, 5.74) is 1.33. The van der Waals surface area contributed by atoms with Gasteiger partial charge in [-0.05, 0) is 25.3 Å². The fourth-order valence-corrected chi connectivity index (χ4v) is 2.27. The van der Waals surface area contributed by atoms with Crippen molar-refractivity contribution in [3.8, 4) is 0 Å². The lowest BCUT2D eigenvalue weighted by molar-refractivity contribution is -0.860. The Morgan fingerprint density at radius 3 is 2.67 bits per heavy atom. The van der Waals surface area contributed by atoms with Crippen LogP contribution in [-0.4, -0.2) is 45.7 Å². The lowest BCUT2D eigenvalue weighted by Crippen LogP contribution is -3.06. The van der Waals surface area contributed by atoms with Gasteiger partial charge < -0.3 is 15.5 Å². The van der Waals surface area contributed by atoms with E-state index in [1.165, 1.54) is 10.5 Å². The van der Waals surface area contributed by atoms with Gasteiger partial charge in [0.1, 0.15) is 0 Å². The van der Waals surface area contributed by atoms with Crippen molar-refractivity contribution in [1.29, 1.82) is 0 Å². The molecule has 1 aromatic carbocycles. The molecule has 0 aromatic heterocycles. The van der Waals surface area contributed by atoms with Gasteiger partial charge >= 0.3 is 0 Å². The van der Waals surface area contributed by atoms with E-state index in [1.807, 2.05) is 6.07 Å². The summed E-state index contributed by atoms with van der Waals surface area (Å²) in [6.07, 6.45) is 3.15. The number of aryl methyl sites for hydroxylation is 1. The fourth-order valence-electron chi connectivity index (χ4n) is 2.27. The maximum atomic E-state index is 11.8. The molecule has 0 radical (unpaired) electrons. The van der Waals surface area contributed by atoms with Crippen molar-refractivity contribution in [3.05, 3.63) is 35.9 Å². The Morgan fingerprint density at radius 2 is 2.00 bits per heavy atom. The predicted molar refractivity (Wildman–Crippen MR) is 86.3 cm³/mol. The Kier molecular flexibility index (Phi) is 8.71. The van der Waals surface area contributed by atoms with Crippen LogP contribution in [0, 0.1) is 0 Å². The molecule has 4 N–H and O–H groups in total. The molecule has 4 heteroatoms. The molecule has 0 saturated heterocycles. The number of benzene rings is 1. The smallest absolute Gasteiger partial charge is 0.275 e. The molecular weight excluding hydrogens is 262 g/mol. The summed E-state index contributed by atoms with van der Waals surface area (Å²) in [4.78, 5) is 13.3. The van der Waals surface area contributed by atoms with Crippen LogP contribution in [0.2, 0.25) is 0 Å². The van der Waals surface area contributed by atoms with Crippen molar-refractivity contribution in [2.75, 3.05) is 33.7 Å². The van der Waals surface area contributed by atoms with Crippen LogP contribution in [0.5, 0.6) is 0 Å². The second-order valence-electron chi connectivity index (χ2n) is 6.08. The first-order valence-electron chi connectivity index (χ1n) is 8.02. The van der Waals surface area contributed by atoms with Crippen molar-refractivity contribution >= 4 is 5.91 Å². The van der Waals surface area contributed by atoms with Gasteiger partial charge in [-0.2, -0.15) is 0 Å². The molecule has 0 aliphatic rings. The maximum Gasteiger partial charge on any atom is 0.275 e. The van der Waals surface area contributed by atoms with Gasteiger partial charge in [0, 0.05) is 12.5 Å². The van der Waals surface area contributed by atoms with Gasteiger partial charge in [-0.1, -0.05) is 30.3 Å². The highest BCUT2D eigenvalue weighted by atomic mass is 16.1. The molecule has 0 aliphatic carbocycles. The van der Waals surface area contributed by atoms with Gasteiger partial charge in [0.15, 0.2) is 6.54 Å². The molecule has 0 heterocycles. The SMILES string of the molecule is C[C@@H](CCc1ccccc1)NC(=O)C[NH2+]CCC[NH+](C)C. The van der Waals surface area contributed by atoms with Gasteiger partial charge in [-0.15, -0.1) is 0 Å². The minimum atomic E-state index is 0.146. The number of amides is 1. The topological polar surface area (TPSA) is 50.1 Å². The zero-order chi connectivity index (χ0) is 15.5. The van der Waals surface area contributed by atoms with E-state index in [-0.39, 0.29) is 11.9 Å². The van der Waals surface area contributed by atoms with E-state index in [1.54, 1.807) is 0 Å². The summed E-state index contributed by atoms with van der Waals surface area (Å²) in [5.74, 6) is 0.146. The number of hydrogen-bond acceptors (Lipinski definition) is 1. The lowest BCUT2D eigenvalue weighted by Gasteiger charge is -2.13. The van der Waals surface area contributed by atoms with E-state index >= 15 is 0 Å². The molecular formula is C17H31N3O+2. The Labute approximate surface area is 128 Å². The highest BCUT2D eigenvalue weighted by Crippen LogP contribution is 2.04. The molecule has 0 bridgehead atoms. The Balaban J connectivity index is 2.07. The lowest BCUT2D eigenvalue weighted by atomic mass is 10.1. The van der Waals surface area contributed by atoms with E-state index in [2.05, 4.69) is 55.9 Å². The van der Waals surface area contributed by atoms with Crippen LogP contribution >= 0.6 is 0 Å². The maximum absolute atomic E-state index is 11.8. The van der Waals surface area contributed by atoms with Crippen molar-refractivity contribution < 1.29 is 15.0 Å². The van der Waals surface area contributed by atoms with E-state index < -0.39 is 0 Å². The molecule has 118 valence electrons. The standard InChI is InChI=1S/C17H29N3O/c1-15(10-11-16-8-5-4-6-9-16)19-17(21)14-18-12-7-13-20(2)3/h4-6,8-9,15,18H,7,10-14H2,1-3H3,(H,19,21)/p+2/t15-/m0/s1. The van der Waals surface area contributed by atoms with Crippen molar-refractivity contribution in [2.45, 2.75) is 32.2 Å². The van der Waals surface area contributed by atoms with E-state index in [9.17, 15) is 4.79 Å². The average Bonchev–Trinajstić information content (AvgIpc) is 2.45. The number of rotatable bonds is 10. The Hall–Kier alpha value is -1.39. The number of nitrogens with one attached hydrogen (secondary N) is 2. The van der Waals surface area contributed by atoms with Crippen molar-refractivity contribution in [3.63, 3.8) is 0 Å². The highest BCUT2D eigenvalue weighted by molar-refractivity contribution is 5.76. The normalized spacial score (nSPS) is 12.4. The molecule has 1 rings (SSSR count). The van der Waals surface area contributed by atoms with Crippen LogP contribution in [-0.2, 0) is 11.2 Å². The molecule has 1 aromatic rings. The summed E-state index contributed by atoms with van der Waals surface area (Å²) in [6.45, 7) is 4.80. The summed E-state index contributed by atoms with van der Waals surface area (Å²) < 4.78 is 0.